The third-order valence-corrected chi connectivity index (χ3v) is 12.1. The topological polar surface area (TPSA) is 61.8 Å². The van der Waals surface area contributed by atoms with Crippen LogP contribution >= 0.6 is 0 Å². The lowest BCUT2D eigenvalue weighted by Crippen LogP contribution is -2.30. The minimum atomic E-state index is -0.555. The van der Waals surface area contributed by atoms with Gasteiger partial charge in [-0.05, 0) is 116 Å². The van der Waals surface area contributed by atoms with Gasteiger partial charge in [-0.1, -0.05) is 234 Å². The molecule has 0 bridgehead atoms. The quantitative estimate of drug-likeness (QED) is 0.0345. The molecule has 0 aliphatic rings. The highest BCUT2D eigenvalue weighted by Crippen LogP contribution is 2.14. The second kappa shape index (κ2) is 58.1. The average molecular weight is 946 g/mol. The van der Waals surface area contributed by atoms with E-state index in [1.54, 1.807) is 0 Å². The van der Waals surface area contributed by atoms with Gasteiger partial charge in [-0.15, -0.1) is 0 Å². The molecule has 5 heteroatoms. The number of allylic oxidation sites excluding steroid dienone is 16. The zero-order chi connectivity index (χ0) is 49.2. The minimum absolute atomic E-state index is 0.0698. The molecule has 5 nitrogen and oxygen atoms in total. The molecule has 0 amide bonds. The van der Waals surface area contributed by atoms with E-state index in [1.807, 2.05) is 0 Å². The standard InChI is InChI=1S/C63H108O5/c1-4-7-10-13-16-19-22-25-28-31-34-37-40-43-46-49-52-55-58-66-59-61(68-63(65)57-54-51-48-45-42-39-36-33-30-27-24-21-18-15-12-9-6-3)60-67-62(64)56-53-50-47-44-41-38-35-32-29-26-23-20-17-14-11-8-5-2/h7-8,10-11,16-21,25-30,61H,4-6,9,12-15,22-24,31-60H2,1-3H3/b10-7-,11-8-,19-16-,20-17-,21-18-,28-25-,29-26-,30-27-. The van der Waals surface area contributed by atoms with Gasteiger partial charge >= 0.3 is 11.9 Å². The monoisotopic (exact) mass is 945 g/mol. The van der Waals surface area contributed by atoms with Crippen molar-refractivity contribution in [3.63, 3.8) is 0 Å². The number of rotatable bonds is 52. The Labute approximate surface area is 422 Å². The fourth-order valence-corrected chi connectivity index (χ4v) is 7.86. The van der Waals surface area contributed by atoms with Crippen LogP contribution in [0.2, 0.25) is 0 Å². The fraction of sp³-hybridized carbons (Fsp3) is 0.714. The van der Waals surface area contributed by atoms with Crippen LogP contribution in [0.25, 0.3) is 0 Å². The van der Waals surface area contributed by atoms with Gasteiger partial charge in [0.25, 0.3) is 0 Å². The number of hydrogen-bond donors (Lipinski definition) is 0. The van der Waals surface area contributed by atoms with Crippen LogP contribution in [-0.4, -0.2) is 37.9 Å². The van der Waals surface area contributed by atoms with E-state index in [1.165, 1.54) is 128 Å². The van der Waals surface area contributed by atoms with Gasteiger partial charge in [0.15, 0.2) is 6.10 Å². The number of esters is 2. The third-order valence-electron chi connectivity index (χ3n) is 12.1. The number of carbonyl (C=O) groups is 2. The van der Waals surface area contributed by atoms with Crippen LogP contribution in [-0.2, 0) is 23.8 Å². The Morgan fingerprint density at radius 3 is 1.06 bits per heavy atom. The molecule has 0 radical (unpaired) electrons. The molecule has 0 N–H and O–H groups in total. The van der Waals surface area contributed by atoms with E-state index in [4.69, 9.17) is 14.2 Å². The molecule has 0 heterocycles. The molecule has 0 aliphatic heterocycles. The SMILES string of the molecule is CC/C=C\C/C=C\C/C=C\CCCCCCCCCCOCC(COC(=O)CCCCCCCCC/C=C\C/C=C\C/C=C\CC)OC(=O)CCCCCCCCC/C=C\C/C=C\CCCCC. The van der Waals surface area contributed by atoms with Crippen LogP contribution in [0, 0.1) is 0 Å². The smallest absolute Gasteiger partial charge is 0.306 e. The lowest BCUT2D eigenvalue weighted by molar-refractivity contribution is -0.163. The van der Waals surface area contributed by atoms with Gasteiger partial charge < -0.3 is 14.2 Å². The second-order valence-electron chi connectivity index (χ2n) is 18.8. The first-order chi connectivity index (χ1) is 33.6. The lowest BCUT2D eigenvalue weighted by Gasteiger charge is -2.18. The summed E-state index contributed by atoms with van der Waals surface area (Å²) < 4.78 is 17.5. The van der Waals surface area contributed by atoms with Crippen molar-refractivity contribution < 1.29 is 23.8 Å². The van der Waals surface area contributed by atoms with E-state index in [0.717, 1.165) is 103 Å². The molecule has 0 aromatic rings. The Hall–Kier alpha value is -3.18. The Kier molecular flexibility index (Phi) is 55.4. The van der Waals surface area contributed by atoms with E-state index >= 15 is 0 Å². The molecular formula is C63H108O5. The van der Waals surface area contributed by atoms with Crippen LogP contribution < -0.4 is 0 Å². The van der Waals surface area contributed by atoms with Crippen molar-refractivity contribution in [3.05, 3.63) is 97.2 Å². The minimum Gasteiger partial charge on any atom is -0.462 e. The van der Waals surface area contributed by atoms with Crippen molar-refractivity contribution in [2.24, 2.45) is 0 Å². The Balaban J connectivity index is 4.33. The zero-order valence-electron chi connectivity index (χ0n) is 44.8. The molecule has 1 unspecified atom stereocenters. The predicted octanol–water partition coefficient (Wildman–Crippen LogP) is 19.8. The van der Waals surface area contributed by atoms with Crippen molar-refractivity contribution >= 4 is 11.9 Å². The molecule has 390 valence electrons. The maximum Gasteiger partial charge on any atom is 0.306 e. The second-order valence-corrected chi connectivity index (χ2v) is 18.8. The van der Waals surface area contributed by atoms with Gasteiger partial charge in [-0.25, -0.2) is 0 Å². The van der Waals surface area contributed by atoms with Gasteiger partial charge in [-0.3, -0.25) is 9.59 Å². The van der Waals surface area contributed by atoms with Crippen molar-refractivity contribution in [1.29, 1.82) is 0 Å². The molecule has 0 spiro atoms. The van der Waals surface area contributed by atoms with Crippen LogP contribution in [0.4, 0.5) is 0 Å². The summed E-state index contributed by atoms with van der Waals surface area (Å²) in [5, 5.41) is 0. The van der Waals surface area contributed by atoms with Crippen LogP contribution in [0.15, 0.2) is 97.2 Å². The number of unbranched alkanes of at least 4 members (excludes halogenated alkanes) is 25. The molecule has 0 aromatic heterocycles. The summed E-state index contributed by atoms with van der Waals surface area (Å²) in [6.07, 6.45) is 78.5. The van der Waals surface area contributed by atoms with Gasteiger partial charge in [0, 0.05) is 19.4 Å². The number of hydrogen-bond acceptors (Lipinski definition) is 5. The van der Waals surface area contributed by atoms with E-state index in [2.05, 4.69) is 118 Å². The van der Waals surface area contributed by atoms with Gasteiger partial charge in [-0.2, -0.15) is 0 Å². The average Bonchev–Trinajstić information content (AvgIpc) is 3.34. The first-order valence-corrected chi connectivity index (χ1v) is 28.8. The van der Waals surface area contributed by atoms with Crippen molar-refractivity contribution in [2.45, 2.75) is 271 Å². The first-order valence-electron chi connectivity index (χ1n) is 28.8. The van der Waals surface area contributed by atoms with Crippen LogP contribution in [0.3, 0.4) is 0 Å². The Bertz CT molecular complexity index is 1300. The summed E-state index contributed by atoms with van der Waals surface area (Å²) in [7, 11) is 0. The molecular weight excluding hydrogens is 837 g/mol. The van der Waals surface area contributed by atoms with Crippen molar-refractivity contribution in [2.75, 3.05) is 19.8 Å². The van der Waals surface area contributed by atoms with Crippen molar-refractivity contribution in [1.82, 2.24) is 0 Å². The van der Waals surface area contributed by atoms with Gasteiger partial charge in [0.05, 0.1) is 6.61 Å². The summed E-state index contributed by atoms with van der Waals surface area (Å²) in [6, 6.07) is 0. The summed E-state index contributed by atoms with van der Waals surface area (Å²) >= 11 is 0. The molecule has 0 rings (SSSR count). The molecule has 0 saturated carbocycles. The molecule has 0 aliphatic carbocycles. The third kappa shape index (κ3) is 55.4. The Morgan fingerprint density at radius 2 is 0.662 bits per heavy atom. The highest BCUT2D eigenvalue weighted by atomic mass is 16.6. The largest absolute Gasteiger partial charge is 0.462 e. The van der Waals surface area contributed by atoms with Crippen molar-refractivity contribution in [3.8, 4) is 0 Å². The maximum absolute atomic E-state index is 12.9. The summed E-state index contributed by atoms with van der Waals surface area (Å²) in [5.41, 5.74) is 0. The highest BCUT2D eigenvalue weighted by Gasteiger charge is 2.17. The highest BCUT2D eigenvalue weighted by molar-refractivity contribution is 5.70. The summed E-state index contributed by atoms with van der Waals surface area (Å²) in [6.45, 7) is 7.57. The summed E-state index contributed by atoms with van der Waals surface area (Å²) in [4.78, 5) is 25.5. The summed E-state index contributed by atoms with van der Waals surface area (Å²) in [5.74, 6) is -0.419. The number of carbonyl (C=O) groups excluding carboxylic acids is 2. The van der Waals surface area contributed by atoms with E-state index in [0.29, 0.717) is 19.4 Å². The van der Waals surface area contributed by atoms with Gasteiger partial charge in [0.2, 0.25) is 0 Å². The normalized spacial score (nSPS) is 12.9. The molecule has 0 saturated heterocycles. The van der Waals surface area contributed by atoms with Crippen LogP contribution in [0.5, 0.6) is 0 Å². The van der Waals surface area contributed by atoms with Gasteiger partial charge in [0.1, 0.15) is 6.61 Å². The van der Waals surface area contributed by atoms with E-state index < -0.39 is 6.10 Å². The van der Waals surface area contributed by atoms with E-state index in [-0.39, 0.29) is 25.2 Å². The van der Waals surface area contributed by atoms with E-state index in [9.17, 15) is 9.59 Å². The zero-order valence-corrected chi connectivity index (χ0v) is 44.8. The molecule has 68 heavy (non-hydrogen) atoms. The fourth-order valence-electron chi connectivity index (χ4n) is 7.86. The molecule has 1 atom stereocenters. The molecule has 0 aromatic carbocycles. The predicted molar refractivity (Wildman–Crippen MR) is 297 cm³/mol. The molecule has 0 fully saturated rings. The number of ether oxygens (including phenoxy) is 3. The lowest BCUT2D eigenvalue weighted by atomic mass is 10.1. The first kappa shape index (κ1) is 64.8. The Morgan fingerprint density at radius 1 is 0.338 bits per heavy atom. The maximum atomic E-state index is 12.9. The van der Waals surface area contributed by atoms with Crippen LogP contribution in [0.1, 0.15) is 265 Å².